The molecule has 3 aromatic rings. The van der Waals surface area contributed by atoms with Crippen molar-refractivity contribution in [1.29, 1.82) is 0 Å². The first kappa shape index (κ1) is 20.3. The van der Waals surface area contributed by atoms with Crippen LogP contribution in [0.15, 0.2) is 71.6 Å². The third-order valence-corrected chi connectivity index (χ3v) is 6.67. The van der Waals surface area contributed by atoms with Gasteiger partial charge in [0, 0.05) is 24.3 Å². The number of halogens is 1. The number of sulfonamides is 1. The van der Waals surface area contributed by atoms with E-state index >= 15 is 0 Å². The lowest BCUT2D eigenvalue weighted by molar-refractivity contribution is 0.0989. The maximum Gasteiger partial charge on any atom is 0.258 e. The van der Waals surface area contributed by atoms with Gasteiger partial charge in [0.25, 0.3) is 5.91 Å². The SMILES string of the molecule is Cc1ccccc1C(=O)N1CCc2ccc(CNS(=O)(=O)c3ccc(F)cc3)cc21. The van der Waals surface area contributed by atoms with Gasteiger partial charge < -0.3 is 4.90 Å². The van der Waals surface area contributed by atoms with E-state index in [9.17, 15) is 17.6 Å². The fourth-order valence-electron chi connectivity index (χ4n) is 3.58. The third-order valence-electron chi connectivity index (χ3n) is 5.26. The van der Waals surface area contributed by atoms with Crippen molar-refractivity contribution in [2.45, 2.75) is 24.8 Å². The fourth-order valence-corrected chi connectivity index (χ4v) is 4.60. The van der Waals surface area contributed by atoms with E-state index in [0.29, 0.717) is 12.1 Å². The monoisotopic (exact) mass is 424 g/mol. The number of fused-ring (bicyclic) bond motifs is 1. The summed E-state index contributed by atoms with van der Waals surface area (Å²) in [4.78, 5) is 14.8. The van der Waals surface area contributed by atoms with Crippen molar-refractivity contribution in [3.05, 3.63) is 94.8 Å². The summed E-state index contributed by atoms with van der Waals surface area (Å²) in [5.41, 5.74) is 4.18. The molecule has 0 unspecified atom stereocenters. The predicted octanol–water partition coefficient (Wildman–Crippen LogP) is 3.82. The first-order valence-electron chi connectivity index (χ1n) is 9.60. The Bertz CT molecular complexity index is 1210. The molecule has 0 fully saturated rings. The Hall–Kier alpha value is -3.03. The van der Waals surface area contributed by atoms with Crippen LogP contribution in [0, 0.1) is 12.7 Å². The maximum atomic E-state index is 13.1. The lowest BCUT2D eigenvalue weighted by Crippen LogP contribution is -2.29. The summed E-state index contributed by atoms with van der Waals surface area (Å²) >= 11 is 0. The van der Waals surface area contributed by atoms with Gasteiger partial charge in [-0.15, -0.1) is 0 Å². The number of amides is 1. The summed E-state index contributed by atoms with van der Waals surface area (Å²) in [6, 6.07) is 17.8. The van der Waals surface area contributed by atoms with Crippen molar-refractivity contribution in [2.24, 2.45) is 0 Å². The van der Waals surface area contributed by atoms with Gasteiger partial charge in [0.1, 0.15) is 5.82 Å². The highest BCUT2D eigenvalue weighted by Crippen LogP contribution is 2.31. The topological polar surface area (TPSA) is 66.5 Å². The number of carbonyl (C=O) groups excluding carboxylic acids is 1. The number of nitrogens with one attached hydrogen (secondary N) is 1. The highest BCUT2D eigenvalue weighted by molar-refractivity contribution is 7.89. The molecule has 4 rings (SSSR count). The van der Waals surface area contributed by atoms with E-state index < -0.39 is 15.8 Å². The average Bonchev–Trinajstić information content (AvgIpc) is 3.16. The van der Waals surface area contributed by atoms with E-state index in [1.54, 1.807) is 4.90 Å². The molecule has 5 nitrogen and oxygen atoms in total. The highest BCUT2D eigenvalue weighted by atomic mass is 32.2. The Morgan fingerprint density at radius 1 is 1.07 bits per heavy atom. The molecule has 0 radical (unpaired) electrons. The van der Waals surface area contributed by atoms with Crippen molar-refractivity contribution in [1.82, 2.24) is 4.72 Å². The average molecular weight is 424 g/mol. The van der Waals surface area contributed by atoms with Crippen LogP contribution in [0.4, 0.5) is 10.1 Å². The zero-order valence-corrected chi connectivity index (χ0v) is 17.2. The van der Waals surface area contributed by atoms with E-state index in [0.717, 1.165) is 40.9 Å². The maximum absolute atomic E-state index is 13.1. The number of anilines is 1. The zero-order chi connectivity index (χ0) is 21.3. The van der Waals surface area contributed by atoms with E-state index in [1.165, 1.54) is 12.1 Å². The minimum Gasteiger partial charge on any atom is -0.308 e. The number of benzene rings is 3. The van der Waals surface area contributed by atoms with Crippen LogP contribution in [0.3, 0.4) is 0 Å². The minimum atomic E-state index is -3.76. The number of hydrogen-bond donors (Lipinski definition) is 1. The molecule has 7 heteroatoms. The fraction of sp³-hybridized carbons (Fsp3) is 0.174. The van der Waals surface area contributed by atoms with E-state index in [2.05, 4.69) is 4.72 Å². The van der Waals surface area contributed by atoms with Gasteiger partial charge in [-0.2, -0.15) is 0 Å². The molecule has 0 saturated carbocycles. The molecule has 0 atom stereocenters. The van der Waals surface area contributed by atoms with E-state index in [1.807, 2.05) is 49.4 Å². The molecule has 3 aromatic carbocycles. The molecule has 1 N–H and O–H groups in total. The molecule has 0 bridgehead atoms. The van der Waals surface area contributed by atoms with Crippen molar-refractivity contribution in [3.63, 3.8) is 0 Å². The number of carbonyl (C=O) groups is 1. The van der Waals surface area contributed by atoms with Crippen molar-refractivity contribution in [2.75, 3.05) is 11.4 Å². The Balaban J connectivity index is 1.54. The second-order valence-electron chi connectivity index (χ2n) is 7.26. The van der Waals surface area contributed by atoms with Crippen LogP contribution in [0.5, 0.6) is 0 Å². The molecule has 154 valence electrons. The van der Waals surface area contributed by atoms with Crippen molar-refractivity contribution < 1.29 is 17.6 Å². The van der Waals surface area contributed by atoms with Crippen LogP contribution in [0.1, 0.15) is 27.0 Å². The summed E-state index contributed by atoms with van der Waals surface area (Å²) in [5.74, 6) is -0.554. The van der Waals surface area contributed by atoms with Crippen molar-refractivity contribution >= 4 is 21.6 Å². The van der Waals surface area contributed by atoms with Gasteiger partial charge in [0.05, 0.1) is 4.90 Å². The normalized spacial score (nSPS) is 13.3. The Morgan fingerprint density at radius 2 is 1.80 bits per heavy atom. The molecule has 0 aliphatic carbocycles. The quantitative estimate of drug-likeness (QED) is 0.677. The highest BCUT2D eigenvalue weighted by Gasteiger charge is 2.26. The van der Waals surface area contributed by atoms with Gasteiger partial charge in [0.15, 0.2) is 0 Å². The predicted molar refractivity (Wildman–Crippen MR) is 113 cm³/mol. The van der Waals surface area contributed by atoms with Crippen LogP contribution < -0.4 is 9.62 Å². The van der Waals surface area contributed by atoms with Gasteiger partial charge in [-0.05, 0) is 66.4 Å². The summed E-state index contributed by atoms with van der Waals surface area (Å²) in [6.45, 7) is 2.57. The van der Waals surface area contributed by atoms with Gasteiger partial charge >= 0.3 is 0 Å². The lowest BCUT2D eigenvalue weighted by atomic mass is 10.1. The molecule has 1 aliphatic heterocycles. The zero-order valence-electron chi connectivity index (χ0n) is 16.4. The van der Waals surface area contributed by atoms with Crippen LogP contribution in [-0.4, -0.2) is 20.9 Å². The Kier molecular flexibility index (Phi) is 5.40. The largest absolute Gasteiger partial charge is 0.308 e. The number of nitrogens with zero attached hydrogens (tertiary/aromatic N) is 1. The van der Waals surface area contributed by atoms with Crippen LogP contribution in [0.25, 0.3) is 0 Å². The molecule has 1 amide bonds. The first-order valence-corrected chi connectivity index (χ1v) is 11.1. The second-order valence-corrected chi connectivity index (χ2v) is 9.03. The summed E-state index contributed by atoms with van der Waals surface area (Å²) in [6.07, 6.45) is 0.758. The molecule has 1 aliphatic rings. The second kappa shape index (κ2) is 8.01. The third kappa shape index (κ3) is 3.99. The Morgan fingerprint density at radius 3 is 2.53 bits per heavy atom. The lowest BCUT2D eigenvalue weighted by Gasteiger charge is -2.19. The van der Waals surface area contributed by atoms with Crippen LogP contribution in [-0.2, 0) is 23.0 Å². The van der Waals surface area contributed by atoms with Crippen molar-refractivity contribution in [3.8, 4) is 0 Å². The molecule has 0 aromatic heterocycles. The van der Waals surface area contributed by atoms with Gasteiger partial charge in [-0.1, -0.05) is 30.3 Å². The van der Waals surface area contributed by atoms with Gasteiger partial charge in [-0.25, -0.2) is 17.5 Å². The summed E-state index contributed by atoms with van der Waals surface area (Å²) < 4.78 is 40.5. The molecule has 1 heterocycles. The van der Waals surface area contributed by atoms with Crippen LogP contribution >= 0.6 is 0 Å². The molecule has 0 spiro atoms. The Labute approximate surface area is 175 Å². The molecule has 0 saturated heterocycles. The molecular formula is C23H21FN2O3S. The molecule has 30 heavy (non-hydrogen) atoms. The minimum absolute atomic E-state index is 0.00131. The summed E-state index contributed by atoms with van der Waals surface area (Å²) in [5, 5.41) is 0. The van der Waals surface area contributed by atoms with Crippen LogP contribution in [0.2, 0.25) is 0 Å². The van der Waals surface area contributed by atoms with E-state index in [-0.39, 0.29) is 17.3 Å². The summed E-state index contributed by atoms with van der Waals surface area (Å²) in [7, 11) is -3.76. The van der Waals surface area contributed by atoms with Gasteiger partial charge in [0.2, 0.25) is 10.0 Å². The van der Waals surface area contributed by atoms with Gasteiger partial charge in [-0.3, -0.25) is 4.79 Å². The van der Waals surface area contributed by atoms with E-state index in [4.69, 9.17) is 0 Å². The number of hydrogen-bond acceptors (Lipinski definition) is 3. The smallest absolute Gasteiger partial charge is 0.258 e. The number of aryl methyl sites for hydroxylation is 1. The standard InChI is InChI=1S/C23H21FN2O3S/c1-16-4-2-3-5-21(16)23(27)26-13-12-18-7-6-17(14-22(18)26)15-25-30(28,29)20-10-8-19(24)9-11-20/h2-11,14,25H,12-13,15H2,1H3. The first-order chi connectivity index (χ1) is 14.3. The number of rotatable bonds is 5. The molecular weight excluding hydrogens is 403 g/mol.